The summed E-state index contributed by atoms with van der Waals surface area (Å²) in [6.07, 6.45) is 0. The predicted octanol–water partition coefficient (Wildman–Crippen LogP) is 5.53. The van der Waals surface area contributed by atoms with E-state index in [0.29, 0.717) is 16.5 Å². The minimum atomic E-state index is 0.0788. The van der Waals surface area contributed by atoms with Crippen LogP contribution in [0.25, 0.3) is 17.1 Å². The largest absolute Gasteiger partial charge is 0.293 e. The van der Waals surface area contributed by atoms with Crippen molar-refractivity contribution in [2.24, 2.45) is 0 Å². The molecule has 29 heavy (non-hydrogen) atoms. The van der Waals surface area contributed by atoms with E-state index in [1.54, 1.807) is 0 Å². The minimum absolute atomic E-state index is 0.0788. The van der Waals surface area contributed by atoms with E-state index in [0.717, 1.165) is 28.2 Å². The highest BCUT2D eigenvalue weighted by molar-refractivity contribution is 7.99. The third-order valence-corrected chi connectivity index (χ3v) is 5.67. The van der Waals surface area contributed by atoms with Gasteiger partial charge in [0.1, 0.15) is 0 Å². The monoisotopic (exact) mass is 399 g/mol. The summed E-state index contributed by atoms with van der Waals surface area (Å²) in [6.45, 7) is 4.07. The first-order chi connectivity index (χ1) is 14.1. The Labute approximate surface area is 174 Å². The fourth-order valence-electron chi connectivity index (χ4n) is 3.12. The summed E-state index contributed by atoms with van der Waals surface area (Å²) in [7, 11) is 0. The van der Waals surface area contributed by atoms with E-state index in [1.165, 1.54) is 11.8 Å². The van der Waals surface area contributed by atoms with Crippen LogP contribution >= 0.6 is 11.8 Å². The maximum atomic E-state index is 12.6. The molecule has 0 saturated heterocycles. The predicted molar refractivity (Wildman–Crippen MR) is 118 cm³/mol. The molecule has 0 spiro atoms. The molecule has 3 aromatic carbocycles. The molecule has 5 heteroatoms. The van der Waals surface area contributed by atoms with E-state index in [2.05, 4.69) is 23.2 Å². The number of aryl methyl sites for hydroxylation is 2. The van der Waals surface area contributed by atoms with Gasteiger partial charge < -0.3 is 0 Å². The summed E-state index contributed by atoms with van der Waals surface area (Å²) in [5, 5.41) is 9.58. The SMILES string of the molecule is Cc1ccc(C(=O)CSc2nnc(-c3ccccc3C)n2-c2ccccc2)cc1. The van der Waals surface area contributed by atoms with Crippen molar-refractivity contribution in [3.63, 3.8) is 0 Å². The molecule has 0 amide bonds. The summed E-state index contributed by atoms with van der Waals surface area (Å²) in [4.78, 5) is 12.6. The Morgan fingerprint density at radius 2 is 1.55 bits per heavy atom. The normalized spacial score (nSPS) is 10.8. The lowest BCUT2D eigenvalue weighted by molar-refractivity contribution is 0.102. The van der Waals surface area contributed by atoms with Gasteiger partial charge in [-0.2, -0.15) is 0 Å². The summed E-state index contributed by atoms with van der Waals surface area (Å²) in [5.41, 5.74) is 4.99. The van der Waals surface area contributed by atoms with Gasteiger partial charge in [0.15, 0.2) is 16.8 Å². The highest BCUT2D eigenvalue weighted by Crippen LogP contribution is 2.29. The molecule has 0 atom stereocenters. The molecule has 0 saturated carbocycles. The quantitative estimate of drug-likeness (QED) is 0.316. The maximum absolute atomic E-state index is 12.6. The van der Waals surface area contributed by atoms with Crippen LogP contribution in [0.3, 0.4) is 0 Å². The molecular weight excluding hydrogens is 378 g/mol. The first-order valence-corrected chi connectivity index (χ1v) is 10.4. The third-order valence-electron chi connectivity index (χ3n) is 4.74. The third kappa shape index (κ3) is 4.15. The van der Waals surface area contributed by atoms with Crippen LogP contribution in [-0.2, 0) is 0 Å². The zero-order chi connectivity index (χ0) is 20.2. The van der Waals surface area contributed by atoms with Gasteiger partial charge in [-0.15, -0.1) is 10.2 Å². The Hall–Kier alpha value is -3.18. The lowest BCUT2D eigenvalue weighted by Gasteiger charge is -2.11. The summed E-state index contributed by atoms with van der Waals surface area (Å²) >= 11 is 1.41. The zero-order valence-corrected chi connectivity index (χ0v) is 17.2. The van der Waals surface area contributed by atoms with Crippen molar-refractivity contribution in [3.8, 4) is 17.1 Å². The van der Waals surface area contributed by atoms with Crippen LogP contribution in [0.15, 0.2) is 84.0 Å². The number of benzene rings is 3. The summed E-state index contributed by atoms with van der Waals surface area (Å²) in [5.74, 6) is 1.16. The molecule has 0 radical (unpaired) electrons. The van der Waals surface area contributed by atoms with Gasteiger partial charge in [0.05, 0.1) is 5.75 Å². The van der Waals surface area contributed by atoms with Crippen molar-refractivity contribution < 1.29 is 4.79 Å². The molecule has 0 aliphatic rings. The Balaban J connectivity index is 1.68. The standard InChI is InChI=1S/C24H21N3OS/c1-17-12-14-19(15-13-17)22(28)16-29-24-26-25-23(21-11-7-6-8-18(21)2)27(24)20-9-4-3-5-10-20/h3-15H,16H2,1-2H3. The Bertz CT molecular complexity index is 1130. The molecule has 0 aliphatic carbocycles. The number of carbonyl (C=O) groups excluding carboxylic acids is 1. The Kier molecular flexibility index (Phi) is 5.58. The van der Waals surface area contributed by atoms with Gasteiger partial charge >= 0.3 is 0 Å². The average Bonchev–Trinajstić information content (AvgIpc) is 3.17. The molecule has 4 rings (SSSR count). The van der Waals surface area contributed by atoms with E-state index in [4.69, 9.17) is 0 Å². The van der Waals surface area contributed by atoms with Crippen molar-refractivity contribution in [3.05, 3.63) is 95.6 Å². The van der Waals surface area contributed by atoms with Crippen LogP contribution in [-0.4, -0.2) is 26.3 Å². The first-order valence-electron chi connectivity index (χ1n) is 9.43. The fraction of sp³-hybridized carbons (Fsp3) is 0.125. The molecular formula is C24H21N3OS. The van der Waals surface area contributed by atoms with Crippen LogP contribution < -0.4 is 0 Å². The van der Waals surface area contributed by atoms with Crippen LogP contribution in [0.1, 0.15) is 21.5 Å². The highest BCUT2D eigenvalue weighted by atomic mass is 32.2. The number of Topliss-reactive ketones (excluding diaryl/α,β-unsaturated/α-hetero) is 1. The van der Waals surface area contributed by atoms with E-state index in [-0.39, 0.29) is 5.78 Å². The highest BCUT2D eigenvalue weighted by Gasteiger charge is 2.18. The van der Waals surface area contributed by atoms with E-state index in [9.17, 15) is 4.79 Å². The molecule has 144 valence electrons. The molecule has 0 fully saturated rings. The number of carbonyl (C=O) groups is 1. The number of thioether (sulfide) groups is 1. The van der Waals surface area contributed by atoms with E-state index in [1.807, 2.05) is 84.3 Å². The number of hydrogen-bond acceptors (Lipinski definition) is 4. The van der Waals surface area contributed by atoms with Crippen molar-refractivity contribution in [1.29, 1.82) is 0 Å². The van der Waals surface area contributed by atoms with Crippen LogP contribution in [0, 0.1) is 13.8 Å². The molecule has 1 aromatic heterocycles. The first kappa shape index (κ1) is 19.2. The average molecular weight is 400 g/mol. The van der Waals surface area contributed by atoms with Crippen LogP contribution in [0.2, 0.25) is 0 Å². The number of nitrogens with zero attached hydrogens (tertiary/aromatic N) is 3. The number of aromatic nitrogens is 3. The molecule has 0 unspecified atom stereocenters. The zero-order valence-electron chi connectivity index (χ0n) is 16.4. The molecule has 4 nitrogen and oxygen atoms in total. The second-order valence-electron chi connectivity index (χ2n) is 6.87. The smallest absolute Gasteiger partial charge is 0.196 e. The van der Waals surface area contributed by atoms with Crippen molar-refractivity contribution in [2.75, 3.05) is 5.75 Å². The lowest BCUT2D eigenvalue weighted by Crippen LogP contribution is -2.05. The van der Waals surface area contributed by atoms with Crippen LogP contribution in [0.4, 0.5) is 0 Å². The minimum Gasteiger partial charge on any atom is -0.293 e. The lowest BCUT2D eigenvalue weighted by atomic mass is 10.1. The fourth-order valence-corrected chi connectivity index (χ4v) is 3.97. The maximum Gasteiger partial charge on any atom is 0.196 e. The van der Waals surface area contributed by atoms with Crippen molar-refractivity contribution >= 4 is 17.5 Å². The van der Waals surface area contributed by atoms with Gasteiger partial charge in [-0.05, 0) is 31.5 Å². The molecule has 0 N–H and O–H groups in total. The number of ketones is 1. The van der Waals surface area contributed by atoms with Gasteiger partial charge in [-0.3, -0.25) is 9.36 Å². The van der Waals surface area contributed by atoms with Gasteiger partial charge in [0.25, 0.3) is 0 Å². The summed E-state index contributed by atoms with van der Waals surface area (Å²) in [6, 6.07) is 25.8. The van der Waals surface area contributed by atoms with Gasteiger partial charge in [0.2, 0.25) is 0 Å². The van der Waals surface area contributed by atoms with Gasteiger partial charge in [-0.25, -0.2) is 0 Å². The molecule has 4 aromatic rings. The van der Waals surface area contributed by atoms with E-state index < -0.39 is 0 Å². The van der Waals surface area contributed by atoms with Crippen molar-refractivity contribution in [1.82, 2.24) is 14.8 Å². The number of para-hydroxylation sites is 1. The molecule has 1 heterocycles. The second-order valence-corrected chi connectivity index (χ2v) is 7.81. The Morgan fingerprint density at radius 1 is 0.862 bits per heavy atom. The van der Waals surface area contributed by atoms with Gasteiger partial charge in [0, 0.05) is 16.8 Å². The number of rotatable bonds is 6. The van der Waals surface area contributed by atoms with Crippen LogP contribution in [0.5, 0.6) is 0 Å². The van der Waals surface area contributed by atoms with Crippen molar-refractivity contribution in [2.45, 2.75) is 19.0 Å². The topological polar surface area (TPSA) is 47.8 Å². The Morgan fingerprint density at radius 3 is 2.28 bits per heavy atom. The molecule has 0 bridgehead atoms. The van der Waals surface area contributed by atoms with E-state index >= 15 is 0 Å². The molecule has 0 aliphatic heterocycles. The number of hydrogen-bond donors (Lipinski definition) is 0. The van der Waals surface area contributed by atoms with Gasteiger partial charge in [-0.1, -0.05) is 84.1 Å². The summed E-state index contributed by atoms with van der Waals surface area (Å²) < 4.78 is 2.02. The second kappa shape index (κ2) is 8.45.